The molecule has 1 aliphatic rings. The maximum absolute atomic E-state index is 12.8. The smallest absolute Gasteiger partial charge is 0.381 e. The highest BCUT2D eigenvalue weighted by Gasteiger charge is 2.31. The maximum Gasteiger partial charge on any atom is 0.416 e. The van der Waals surface area contributed by atoms with Crippen molar-refractivity contribution in [1.29, 1.82) is 0 Å². The lowest BCUT2D eigenvalue weighted by Crippen LogP contribution is -2.27. The lowest BCUT2D eigenvalue weighted by Gasteiger charge is -2.30. The molecule has 1 aromatic carbocycles. The van der Waals surface area contributed by atoms with Crippen LogP contribution in [0, 0.1) is 5.92 Å². The molecule has 1 saturated carbocycles. The van der Waals surface area contributed by atoms with E-state index in [-0.39, 0.29) is 6.04 Å². The Morgan fingerprint density at radius 3 is 2.70 bits per heavy atom. The van der Waals surface area contributed by atoms with Gasteiger partial charge in [0, 0.05) is 16.2 Å². The van der Waals surface area contributed by atoms with E-state index in [0.29, 0.717) is 16.1 Å². The Hall–Kier alpha value is -0.710. The lowest BCUT2D eigenvalue weighted by molar-refractivity contribution is -0.137. The first-order valence-electron chi connectivity index (χ1n) is 7.03. The van der Waals surface area contributed by atoms with E-state index < -0.39 is 11.7 Å². The molecule has 1 N–H and O–H groups in total. The SMILES string of the molecule is CCC1CCCC(Nc2cc(C(F)(F)F)ccc2Br)C1. The fourth-order valence-electron chi connectivity index (χ4n) is 2.83. The number of alkyl halides is 3. The highest BCUT2D eigenvalue weighted by Crippen LogP contribution is 2.36. The highest BCUT2D eigenvalue weighted by atomic mass is 79.9. The quantitative estimate of drug-likeness (QED) is 0.721. The first-order chi connectivity index (χ1) is 9.40. The maximum atomic E-state index is 12.8. The van der Waals surface area contributed by atoms with Gasteiger partial charge in [-0.2, -0.15) is 13.2 Å². The van der Waals surface area contributed by atoms with Gasteiger partial charge in [-0.25, -0.2) is 0 Å². The molecule has 1 fully saturated rings. The van der Waals surface area contributed by atoms with Gasteiger partial charge >= 0.3 is 6.18 Å². The minimum Gasteiger partial charge on any atom is -0.381 e. The fraction of sp³-hybridized carbons (Fsp3) is 0.600. The molecule has 0 radical (unpaired) electrons. The Bertz CT molecular complexity index is 459. The molecule has 2 atom stereocenters. The van der Waals surface area contributed by atoms with Gasteiger partial charge in [0.05, 0.1) is 5.56 Å². The van der Waals surface area contributed by atoms with Crippen molar-refractivity contribution in [3.05, 3.63) is 28.2 Å². The second-order valence-electron chi connectivity index (χ2n) is 5.47. The number of benzene rings is 1. The Kier molecular flexibility index (Phi) is 4.99. The second kappa shape index (κ2) is 6.37. The molecule has 2 rings (SSSR count). The Morgan fingerprint density at radius 1 is 1.30 bits per heavy atom. The molecule has 1 nitrogen and oxygen atoms in total. The van der Waals surface area contributed by atoms with Crippen molar-refractivity contribution < 1.29 is 13.2 Å². The largest absolute Gasteiger partial charge is 0.416 e. The van der Waals surface area contributed by atoms with Crippen LogP contribution in [0.15, 0.2) is 22.7 Å². The summed E-state index contributed by atoms with van der Waals surface area (Å²) in [6.07, 6.45) is 1.29. The summed E-state index contributed by atoms with van der Waals surface area (Å²) < 4.78 is 38.9. The van der Waals surface area contributed by atoms with Crippen LogP contribution in [0.5, 0.6) is 0 Å². The van der Waals surface area contributed by atoms with Gasteiger partial charge in [0.1, 0.15) is 0 Å². The van der Waals surface area contributed by atoms with E-state index >= 15 is 0 Å². The van der Waals surface area contributed by atoms with E-state index in [4.69, 9.17) is 0 Å². The summed E-state index contributed by atoms with van der Waals surface area (Å²) in [5.41, 5.74) is -0.0624. The van der Waals surface area contributed by atoms with E-state index in [0.717, 1.165) is 31.7 Å². The number of anilines is 1. The van der Waals surface area contributed by atoms with Gasteiger partial charge in [0.2, 0.25) is 0 Å². The zero-order chi connectivity index (χ0) is 14.8. The molecule has 1 aromatic rings. The van der Waals surface area contributed by atoms with Gasteiger partial charge < -0.3 is 5.32 Å². The number of halogens is 4. The lowest BCUT2D eigenvalue weighted by atomic mass is 9.84. The Morgan fingerprint density at radius 2 is 2.05 bits per heavy atom. The van der Waals surface area contributed by atoms with Crippen LogP contribution in [0.25, 0.3) is 0 Å². The number of hydrogen-bond donors (Lipinski definition) is 1. The summed E-state index contributed by atoms with van der Waals surface area (Å²) in [4.78, 5) is 0. The van der Waals surface area contributed by atoms with Crippen LogP contribution in [-0.2, 0) is 6.18 Å². The summed E-state index contributed by atoms with van der Waals surface area (Å²) in [5, 5.41) is 3.28. The molecule has 0 saturated heterocycles. The van der Waals surface area contributed by atoms with Gasteiger partial charge in [-0.1, -0.05) is 26.2 Å². The van der Waals surface area contributed by atoms with E-state index in [1.54, 1.807) is 0 Å². The van der Waals surface area contributed by atoms with Crippen LogP contribution < -0.4 is 5.32 Å². The van der Waals surface area contributed by atoms with Gasteiger partial charge in [-0.05, 0) is 52.9 Å². The molecule has 0 amide bonds. The molecule has 1 aliphatic carbocycles. The molecule has 0 aromatic heterocycles. The zero-order valence-corrected chi connectivity index (χ0v) is 13.0. The summed E-state index contributed by atoms with van der Waals surface area (Å²) in [6, 6.07) is 4.03. The van der Waals surface area contributed by atoms with Crippen molar-refractivity contribution in [2.24, 2.45) is 5.92 Å². The van der Waals surface area contributed by atoms with Crippen molar-refractivity contribution >= 4 is 21.6 Å². The second-order valence-corrected chi connectivity index (χ2v) is 6.33. The molecular weight excluding hydrogens is 331 g/mol. The molecule has 0 aliphatic heterocycles. The van der Waals surface area contributed by atoms with Gasteiger partial charge in [-0.3, -0.25) is 0 Å². The van der Waals surface area contributed by atoms with Crippen molar-refractivity contribution in [2.75, 3.05) is 5.32 Å². The van der Waals surface area contributed by atoms with Gasteiger partial charge in [0.15, 0.2) is 0 Å². The standard InChI is InChI=1S/C15H19BrF3N/c1-2-10-4-3-5-12(8-10)20-14-9-11(15(17,18)19)6-7-13(14)16/h6-7,9-10,12,20H,2-5,8H2,1H3. The third-order valence-corrected chi connectivity index (χ3v) is 4.70. The summed E-state index contributed by atoms with van der Waals surface area (Å²) in [6.45, 7) is 2.17. The molecule has 0 spiro atoms. The van der Waals surface area contributed by atoms with Crippen LogP contribution in [0.3, 0.4) is 0 Å². The predicted octanol–water partition coefficient (Wildman–Crippen LogP) is 5.85. The molecule has 112 valence electrons. The summed E-state index contributed by atoms with van der Waals surface area (Å²) in [7, 11) is 0. The molecule has 20 heavy (non-hydrogen) atoms. The Labute approximate surface area is 126 Å². The topological polar surface area (TPSA) is 12.0 Å². The molecular formula is C15H19BrF3N. The molecule has 2 unspecified atom stereocenters. The monoisotopic (exact) mass is 349 g/mol. The average Bonchev–Trinajstić information content (AvgIpc) is 2.40. The fourth-order valence-corrected chi connectivity index (χ4v) is 3.19. The van der Waals surface area contributed by atoms with Crippen molar-refractivity contribution in [2.45, 2.75) is 51.2 Å². The summed E-state index contributed by atoms with van der Waals surface area (Å²) in [5.74, 6) is 0.686. The molecule has 0 bridgehead atoms. The third-order valence-electron chi connectivity index (χ3n) is 4.01. The van der Waals surface area contributed by atoms with E-state index in [9.17, 15) is 13.2 Å². The van der Waals surface area contributed by atoms with Crippen LogP contribution in [0.1, 0.15) is 44.6 Å². The van der Waals surface area contributed by atoms with Crippen molar-refractivity contribution in [3.63, 3.8) is 0 Å². The van der Waals surface area contributed by atoms with Crippen LogP contribution in [-0.4, -0.2) is 6.04 Å². The van der Waals surface area contributed by atoms with Crippen molar-refractivity contribution in [3.8, 4) is 0 Å². The normalized spacial score (nSPS) is 23.6. The summed E-state index contributed by atoms with van der Waals surface area (Å²) >= 11 is 3.33. The Balaban J connectivity index is 2.12. The highest BCUT2D eigenvalue weighted by molar-refractivity contribution is 9.10. The van der Waals surface area contributed by atoms with Crippen molar-refractivity contribution in [1.82, 2.24) is 0 Å². The van der Waals surface area contributed by atoms with Gasteiger partial charge in [0.25, 0.3) is 0 Å². The van der Waals surface area contributed by atoms with E-state index in [2.05, 4.69) is 28.2 Å². The average molecular weight is 350 g/mol. The number of rotatable bonds is 3. The first-order valence-corrected chi connectivity index (χ1v) is 7.82. The number of nitrogens with one attached hydrogen (secondary N) is 1. The van der Waals surface area contributed by atoms with Crippen LogP contribution in [0.4, 0.5) is 18.9 Å². The van der Waals surface area contributed by atoms with Crippen LogP contribution >= 0.6 is 15.9 Å². The van der Waals surface area contributed by atoms with Gasteiger partial charge in [-0.15, -0.1) is 0 Å². The van der Waals surface area contributed by atoms with E-state index in [1.807, 2.05) is 0 Å². The molecule has 5 heteroatoms. The number of hydrogen-bond acceptors (Lipinski definition) is 1. The molecule has 0 heterocycles. The zero-order valence-electron chi connectivity index (χ0n) is 11.4. The minimum atomic E-state index is -4.30. The first kappa shape index (κ1) is 15.7. The minimum absolute atomic E-state index is 0.272. The van der Waals surface area contributed by atoms with Crippen LogP contribution in [0.2, 0.25) is 0 Å². The van der Waals surface area contributed by atoms with E-state index in [1.165, 1.54) is 18.6 Å². The third kappa shape index (κ3) is 3.90. The predicted molar refractivity (Wildman–Crippen MR) is 78.8 cm³/mol.